The third-order valence-electron chi connectivity index (χ3n) is 4.95. The summed E-state index contributed by atoms with van der Waals surface area (Å²) in [6.45, 7) is 8.07. The molecule has 2 aromatic rings. The van der Waals surface area contributed by atoms with Gasteiger partial charge in [0.05, 0.1) is 20.3 Å². The fourth-order valence-electron chi connectivity index (χ4n) is 3.03. The van der Waals surface area contributed by atoms with Gasteiger partial charge < -0.3 is 19.5 Å². The predicted molar refractivity (Wildman–Crippen MR) is 111 cm³/mol. The SMILES string of the molecule is CC[C@H](Oc1ccc(C)c(C)c1)C(=O)N[C@@H](CC)c1ccc(OC)c(OC)c1. The maximum Gasteiger partial charge on any atom is 0.261 e. The number of benzene rings is 2. The first kappa shape index (κ1) is 21.6. The Bertz CT molecular complexity index is 803. The average Bonchev–Trinajstić information content (AvgIpc) is 2.71. The number of hydrogen-bond donors (Lipinski definition) is 1. The number of methoxy groups -OCH3 is 2. The largest absolute Gasteiger partial charge is 0.493 e. The molecule has 0 aromatic heterocycles. The van der Waals surface area contributed by atoms with E-state index in [1.165, 1.54) is 5.56 Å². The summed E-state index contributed by atoms with van der Waals surface area (Å²) in [6.07, 6.45) is 0.791. The van der Waals surface area contributed by atoms with E-state index < -0.39 is 6.10 Å². The van der Waals surface area contributed by atoms with Gasteiger partial charge in [-0.2, -0.15) is 0 Å². The van der Waals surface area contributed by atoms with Crippen molar-refractivity contribution in [1.29, 1.82) is 0 Å². The zero-order valence-electron chi connectivity index (χ0n) is 17.7. The van der Waals surface area contributed by atoms with E-state index in [0.29, 0.717) is 23.7 Å². The summed E-state index contributed by atoms with van der Waals surface area (Å²) in [5.74, 6) is 1.90. The minimum Gasteiger partial charge on any atom is -0.493 e. The highest BCUT2D eigenvalue weighted by atomic mass is 16.5. The van der Waals surface area contributed by atoms with E-state index in [2.05, 4.69) is 12.2 Å². The molecule has 28 heavy (non-hydrogen) atoms. The first-order valence-electron chi connectivity index (χ1n) is 9.69. The van der Waals surface area contributed by atoms with Crippen molar-refractivity contribution < 1.29 is 19.0 Å². The van der Waals surface area contributed by atoms with Crippen molar-refractivity contribution in [2.75, 3.05) is 14.2 Å². The van der Waals surface area contributed by atoms with E-state index in [4.69, 9.17) is 14.2 Å². The fourth-order valence-corrected chi connectivity index (χ4v) is 3.03. The van der Waals surface area contributed by atoms with Crippen LogP contribution in [0.5, 0.6) is 17.2 Å². The van der Waals surface area contributed by atoms with Crippen LogP contribution in [0.2, 0.25) is 0 Å². The Balaban J connectivity index is 2.13. The summed E-state index contributed by atoms with van der Waals surface area (Å²) >= 11 is 0. The van der Waals surface area contributed by atoms with E-state index in [1.54, 1.807) is 14.2 Å². The van der Waals surface area contributed by atoms with Crippen molar-refractivity contribution in [2.24, 2.45) is 0 Å². The Labute approximate surface area is 168 Å². The Kier molecular flexibility index (Phi) is 7.73. The summed E-state index contributed by atoms with van der Waals surface area (Å²) in [4.78, 5) is 12.9. The van der Waals surface area contributed by atoms with Crippen LogP contribution in [-0.2, 0) is 4.79 Å². The van der Waals surface area contributed by atoms with Crippen molar-refractivity contribution >= 4 is 5.91 Å². The molecule has 2 rings (SSSR count). The minimum absolute atomic E-state index is 0.123. The summed E-state index contributed by atoms with van der Waals surface area (Å²) in [5, 5.41) is 3.11. The van der Waals surface area contributed by atoms with Crippen molar-refractivity contribution in [2.45, 2.75) is 52.7 Å². The molecular formula is C23H31NO4. The fraction of sp³-hybridized carbons (Fsp3) is 0.435. The van der Waals surface area contributed by atoms with Crippen molar-refractivity contribution in [3.8, 4) is 17.2 Å². The van der Waals surface area contributed by atoms with Gasteiger partial charge in [0.25, 0.3) is 5.91 Å². The van der Waals surface area contributed by atoms with Gasteiger partial charge in [0.1, 0.15) is 5.75 Å². The molecule has 2 atom stereocenters. The van der Waals surface area contributed by atoms with Crippen LogP contribution in [0.15, 0.2) is 36.4 Å². The molecule has 0 aliphatic carbocycles. The Morgan fingerprint density at radius 1 is 0.929 bits per heavy atom. The quantitative estimate of drug-likeness (QED) is 0.677. The van der Waals surface area contributed by atoms with Crippen LogP contribution in [0.4, 0.5) is 0 Å². The molecule has 1 amide bonds. The second kappa shape index (κ2) is 10.0. The van der Waals surface area contributed by atoms with Gasteiger partial charge in [-0.1, -0.05) is 26.0 Å². The van der Waals surface area contributed by atoms with Gasteiger partial charge in [-0.05, 0) is 67.6 Å². The van der Waals surface area contributed by atoms with Gasteiger partial charge in [0.2, 0.25) is 0 Å². The lowest BCUT2D eigenvalue weighted by Gasteiger charge is -2.23. The van der Waals surface area contributed by atoms with Gasteiger partial charge >= 0.3 is 0 Å². The topological polar surface area (TPSA) is 56.8 Å². The number of nitrogens with one attached hydrogen (secondary N) is 1. The number of aryl methyl sites for hydroxylation is 2. The molecule has 0 unspecified atom stereocenters. The van der Waals surface area contributed by atoms with E-state index in [0.717, 1.165) is 17.5 Å². The second-order valence-corrected chi connectivity index (χ2v) is 6.84. The van der Waals surface area contributed by atoms with Crippen LogP contribution in [0.1, 0.15) is 49.4 Å². The lowest BCUT2D eigenvalue weighted by atomic mass is 10.0. The van der Waals surface area contributed by atoms with E-state index in [9.17, 15) is 4.79 Å². The van der Waals surface area contributed by atoms with Gasteiger partial charge in [0.15, 0.2) is 17.6 Å². The molecule has 0 spiro atoms. The van der Waals surface area contributed by atoms with Crippen molar-refractivity contribution in [3.05, 3.63) is 53.1 Å². The number of carbonyl (C=O) groups excluding carboxylic acids is 1. The number of carbonyl (C=O) groups is 1. The molecule has 5 heteroatoms. The van der Waals surface area contributed by atoms with Gasteiger partial charge in [-0.25, -0.2) is 0 Å². The highest BCUT2D eigenvalue weighted by molar-refractivity contribution is 5.81. The third kappa shape index (κ3) is 5.18. The van der Waals surface area contributed by atoms with Crippen LogP contribution in [-0.4, -0.2) is 26.2 Å². The van der Waals surface area contributed by atoms with Crippen LogP contribution in [0.25, 0.3) is 0 Å². The molecule has 0 heterocycles. The molecule has 2 aromatic carbocycles. The molecule has 0 aliphatic heterocycles. The molecule has 0 radical (unpaired) electrons. The Morgan fingerprint density at radius 3 is 2.21 bits per heavy atom. The average molecular weight is 386 g/mol. The smallest absolute Gasteiger partial charge is 0.261 e. The molecule has 0 aliphatic rings. The van der Waals surface area contributed by atoms with Crippen LogP contribution in [0, 0.1) is 13.8 Å². The van der Waals surface area contributed by atoms with E-state index in [-0.39, 0.29) is 11.9 Å². The van der Waals surface area contributed by atoms with Crippen molar-refractivity contribution in [3.63, 3.8) is 0 Å². The monoisotopic (exact) mass is 385 g/mol. The van der Waals surface area contributed by atoms with Crippen LogP contribution >= 0.6 is 0 Å². The first-order valence-corrected chi connectivity index (χ1v) is 9.69. The zero-order valence-corrected chi connectivity index (χ0v) is 17.7. The second-order valence-electron chi connectivity index (χ2n) is 6.84. The first-order chi connectivity index (χ1) is 13.4. The number of amides is 1. The molecule has 0 bridgehead atoms. The number of hydrogen-bond acceptors (Lipinski definition) is 4. The normalized spacial score (nSPS) is 12.8. The molecule has 0 saturated heterocycles. The molecule has 1 N–H and O–H groups in total. The van der Waals surface area contributed by atoms with Crippen molar-refractivity contribution in [1.82, 2.24) is 5.32 Å². The minimum atomic E-state index is -0.545. The van der Waals surface area contributed by atoms with Crippen LogP contribution in [0.3, 0.4) is 0 Å². The Morgan fingerprint density at radius 2 is 1.64 bits per heavy atom. The lowest BCUT2D eigenvalue weighted by molar-refractivity contribution is -0.128. The maximum absolute atomic E-state index is 12.9. The van der Waals surface area contributed by atoms with Crippen LogP contribution < -0.4 is 19.5 Å². The molecule has 5 nitrogen and oxygen atoms in total. The van der Waals surface area contributed by atoms with Gasteiger partial charge in [0, 0.05) is 0 Å². The predicted octanol–water partition coefficient (Wildman–Crippen LogP) is 4.75. The highest BCUT2D eigenvalue weighted by Crippen LogP contribution is 2.31. The highest BCUT2D eigenvalue weighted by Gasteiger charge is 2.22. The molecule has 0 fully saturated rings. The zero-order chi connectivity index (χ0) is 20.7. The van der Waals surface area contributed by atoms with E-state index in [1.807, 2.05) is 57.2 Å². The van der Waals surface area contributed by atoms with Gasteiger partial charge in [-0.15, -0.1) is 0 Å². The summed E-state index contributed by atoms with van der Waals surface area (Å²) < 4.78 is 16.6. The third-order valence-corrected chi connectivity index (χ3v) is 4.95. The maximum atomic E-state index is 12.9. The number of rotatable bonds is 9. The molecule has 152 valence electrons. The lowest BCUT2D eigenvalue weighted by Crippen LogP contribution is -2.40. The Hall–Kier alpha value is -2.69. The van der Waals surface area contributed by atoms with Gasteiger partial charge in [-0.3, -0.25) is 4.79 Å². The summed E-state index contributed by atoms with van der Waals surface area (Å²) in [6, 6.07) is 11.4. The number of ether oxygens (including phenoxy) is 3. The molecular weight excluding hydrogens is 354 g/mol. The molecule has 0 saturated carbocycles. The summed E-state index contributed by atoms with van der Waals surface area (Å²) in [7, 11) is 3.21. The summed E-state index contributed by atoms with van der Waals surface area (Å²) in [5.41, 5.74) is 3.31. The van der Waals surface area contributed by atoms with E-state index >= 15 is 0 Å². The standard InChI is InChI=1S/C23H31NO4/c1-7-19(17-10-12-21(26-5)22(14-17)27-6)24-23(25)20(8-2)28-18-11-9-15(3)16(4)13-18/h9-14,19-20H,7-8H2,1-6H3,(H,24,25)/t19-,20-/m0/s1.